The van der Waals surface area contributed by atoms with Gasteiger partial charge < -0.3 is 15.0 Å². The molecule has 1 saturated carbocycles. The number of amides is 1. The third-order valence-electron chi connectivity index (χ3n) is 5.90. The highest BCUT2D eigenvalue weighted by Gasteiger charge is 2.40. The van der Waals surface area contributed by atoms with Gasteiger partial charge >= 0.3 is 0 Å². The molecular formula is C18H30N4O2. The van der Waals surface area contributed by atoms with Crippen LogP contribution in [0.3, 0.4) is 0 Å². The monoisotopic (exact) mass is 334 g/mol. The molecule has 6 nitrogen and oxygen atoms in total. The molecule has 2 aliphatic rings. The van der Waals surface area contributed by atoms with Gasteiger partial charge in [-0.25, -0.2) is 0 Å². The molecule has 0 radical (unpaired) electrons. The number of piperidine rings is 1. The van der Waals surface area contributed by atoms with Crippen molar-refractivity contribution in [3.8, 4) is 0 Å². The number of ether oxygens (including phenoxy) is 1. The molecule has 1 unspecified atom stereocenters. The number of hydrogen-bond donors (Lipinski definition) is 1. The molecule has 1 N–H and O–H groups in total. The van der Waals surface area contributed by atoms with Gasteiger partial charge in [0.2, 0.25) is 5.91 Å². The van der Waals surface area contributed by atoms with E-state index in [1.54, 1.807) is 6.20 Å². The maximum Gasteiger partial charge on any atom is 0.222 e. The molecule has 0 spiro atoms. The fourth-order valence-electron chi connectivity index (χ4n) is 4.34. The zero-order valence-electron chi connectivity index (χ0n) is 15.3. The second kappa shape index (κ2) is 6.84. The van der Waals surface area contributed by atoms with E-state index in [2.05, 4.69) is 17.3 Å². The molecule has 1 aliphatic heterocycles. The predicted octanol–water partition coefficient (Wildman–Crippen LogP) is 2.02. The summed E-state index contributed by atoms with van der Waals surface area (Å²) in [5.74, 6) is 0.208. The fourth-order valence-corrected chi connectivity index (χ4v) is 4.34. The van der Waals surface area contributed by atoms with Crippen molar-refractivity contribution in [2.45, 2.75) is 69.2 Å². The third kappa shape index (κ3) is 3.22. The van der Waals surface area contributed by atoms with Crippen LogP contribution < -0.4 is 5.32 Å². The van der Waals surface area contributed by atoms with Crippen LogP contribution in [-0.4, -0.2) is 52.4 Å². The highest BCUT2D eigenvalue weighted by atomic mass is 16.5. The minimum absolute atomic E-state index is 0.0288. The first-order chi connectivity index (χ1) is 11.5. The topological polar surface area (TPSA) is 59.4 Å². The largest absolute Gasteiger partial charge is 0.378 e. The lowest BCUT2D eigenvalue weighted by molar-refractivity contribution is -0.136. The number of likely N-dealkylation sites (tertiary alicyclic amines) is 1. The molecule has 2 fully saturated rings. The van der Waals surface area contributed by atoms with Crippen molar-refractivity contribution in [1.82, 2.24) is 20.0 Å². The van der Waals surface area contributed by atoms with E-state index in [-0.39, 0.29) is 23.6 Å². The van der Waals surface area contributed by atoms with E-state index in [0.29, 0.717) is 12.5 Å². The Morgan fingerprint density at radius 1 is 1.46 bits per heavy atom. The number of rotatable bonds is 6. The van der Waals surface area contributed by atoms with Crippen LogP contribution in [0, 0.1) is 0 Å². The summed E-state index contributed by atoms with van der Waals surface area (Å²) in [5.41, 5.74) is 1.14. The van der Waals surface area contributed by atoms with Crippen LogP contribution in [-0.2, 0) is 16.6 Å². The Hall–Kier alpha value is -1.40. The van der Waals surface area contributed by atoms with Crippen LogP contribution in [0.5, 0.6) is 0 Å². The van der Waals surface area contributed by atoms with E-state index in [1.807, 2.05) is 36.9 Å². The van der Waals surface area contributed by atoms with Gasteiger partial charge in [0.25, 0.3) is 0 Å². The lowest BCUT2D eigenvalue weighted by atomic mass is 9.75. The Bertz CT molecular complexity index is 576. The average molecular weight is 334 g/mol. The zero-order chi connectivity index (χ0) is 17.3. The first kappa shape index (κ1) is 17.4. The number of nitrogens with one attached hydrogen (secondary N) is 1. The highest BCUT2D eigenvalue weighted by Crippen LogP contribution is 2.39. The van der Waals surface area contributed by atoms with Crippen molar-refractivity contribution in [3.63, 3.8) is 0 Å². The first-order valence-electron chi connectivity index (χ1n) is 9.00. The van der Waals surface area contributed by atoms with E-state index < -0.39 is 0 Å². The minimum atomic E-state index is 0.0288. The van der Waals surface area contributed by atoms with Gasteiger partial charge in [-0.15, -0.1) is 0 Å². The van der Waals surface area contributed by atoms with Crippen LogP contribution in [0.1, 0.15) is 57.2 Å². The predicted molar refractivity (Wildman–Crippen MR) is 92.5 cm³/mol. The number of aromatic nitrogens is 2. The minimum Gasteiger partial charge on any atom is -0.378 e. The molecule has 3 rings (SSSR count). The molecule has 6 heteroatoms. The maximum absolute atomic E-state index is 12.2. The molecule has 1 aromatic rings. The van der Waals surface area contributed by atoms with Gasteiger partial charge in [-0.3, -0.25) is 9.48 Å². The van der Waals surface area contributed by atoms with Gasteiger partial charge in [0, 0.05) is 45.9 Å². The number of nitrogens with zero attached hydrogens (tertiary/aromatic N) is 3. The molecule has 24 heavy (non-hydrogen) atoms. The van der Waals surface area contributed by atoms with Crippen LogP contribution >= 0.6 is 0 Å². The Kier molecular flexibility index (Phi) is 4.97. The summed E-state index contributed by atoms with van der Waals surface area (Å²) < 4.78 is 7.65. The summed E-state index contributed by atoms with van der Waals surface area (Å²) in [6.45, 7) is 2.23. The summed E-state index contributed by atoms with van der Waals surface area (Å²) in [6, 6.07) is 2.64. The lowest BCUT2D eigenvalue weighted by Crippen LogP contribution is -2.54. The van der Waals surface area contributed by atoms with Crippen molar-refractivity contribution >= 4 is 5.91 Å². The van der Waals surface area contributed by atoms with E-state index in [0.717, 1.165) is 31.4 Å². The van der Waals surface area contributed by atoms with Crippen LogP contribution in [0.4, 0.5) is 0 Å². The SMILES string of the molecule is COC1(CC(C)N[C@@H]2CCC(=O)N(C)[C@H]2c2ccnn2C)CCC1. The molecule has 2 heterocycles. The summed E-state index contributed by atoms with van der Waals surface area (Å²) >= 11 is 0. The van der Waals surface area contributed by atoms with Crippen molar-refractivity contribution in [2.24, 2.45) is 7.05 Å². The number of methoxy groups -OCH3 is 1. The van der Waals surface area contributed by atoms with Gasteiger partial charge in [-0.1, -0.05) is 0 Å². The third-order valence-corrected chi connectivity index (χ3v) is 5.90. The zero-order valence-corrected chi connectivity index (χ0v) is 15.3. The van der Waals surface area contributed by atoms with Crippen molar-refractivity contribution in [1.29, 1.82) is 0 Å². The van der Waals surface area contributed by atoms with Crippen molar-refractivity contribution < 1.29 is 9.53 Å². The first-order valence-corrected chi connectivity index (χ1v) is 9.00. The number of carbonyl (C=O) groups is 1. The van der Waals surface area contributed by atoms with Gasteiger partial charge in [0.1, 0.15) is 0 Å². The Labute approximate surface area is 144 Å². The van der Waals surface area contributed by atoms with Gasteiger partial charge in [0.15, 0.2) is 0 Å². The van der Waals surface area contributed by atoms with Crippen LogP contribution in [0.2, 0.25) is 0 Å². The molecule has 0 aromatic carbocycles. The molecule has 0 bridgehead atoms. The second-order valence-electron chi connectivity index (χ2n) is 7.49. The van der Waals surface area contributed by atoms with Gasteiger partial charge in [-0.2, -0.15) is 5.10 Å². The Morgan fingerprint density at radius 3 is 2.75 bits per heavy atom. The maximum atomic E-state index is 12.2. The smallest absolute Gasteiger partial charge is 0.222 e. The lowest BCUT2D eigenvalue weighted by Gasteiger charge is -2.45. The summed E-state index contributed by atoms with van der Waals surface area (Å²) in [6.07, 6.45) is 7.87. The number of carbonyl (C=O) groups excluding carboxylic acids is 1. The Balaban J connectivity index is 1.72. The number of aryl methyl sites for hydroxylation is 1. The normalized spacial score (nSPS) is 27.8. The molecule has 1 aliphatic carbocycles. The second-order valence-corrected chi connectivity index (χ2v) is 7.49. The molecule has 1 saturated heterocycles. The van der Waals surface area contributed by atoms with Gasteiger partial charge in [0.05, 0.1) is 17.3 Å². The molecular weight excluding hydrogens is 304 g/mol. The van der Waals surface area contributed by atoms with Gasteiger partial charge in [-0.05, 0) is 45.1 Å². The number of hydrogen-bond acceptors (Lipinski definition) is 4. The highest BCUT2D eigenvalue weighted by molar-refractivity contribution is 5.77. The molecule has 1 aromatic heterocycles. The Morgan fingerprint density at radius 2 is 2.21 bits per heavy atom. The van der Waals surface area contributed by atoms with E-state index in [4.69, 9.17) is 4.74 Å². The van der Waals surface area contributed by atoms with Crippen LogP contribution in [0.15, 0.2) is 12.3 Å². The van der Waals surface area contributed by atoms with E-state index >= 15 is 0 Å². The summed E-state index contributed by atoms with van der Waals surface area (Å²) in [4.78, 5) is 14.1. The standard InChI is InChI=1S/C18H30N4O2/c1-13(12-18(24-4)9-5-10-18)20-14-6-7-16(23)21(2)17(14)15-8-11-19-22(15)3/h8,11,13-14,17,20H,5-7,9-10,12H2,1-4H3/t13?,14-,17-/m1/s1. The molecule has 134 valence electrons. The average Bonchev–Trinajstić information content (AvgIpc) is 2.93. The van der Waals surface area contributed by atoms with E-state index in [9.17, 15) is 4.79 Å². The van der Waals surface area contributed by atoms with Crippen molar-refractivity contribution in [2.75, 3.05) is 14.2 Å². The van der Waals surface area contributed by atoms with E-state index in [1.165, 1.54) is 6.42 Å². The molecule has 3 atom stereocenters. The summed E-state index contributed by atoms with van der Waals surface area (Å²) in [5, 5.41) is 8.07. The fraction of sp³-hybridized carbons (Fsp3) is 0.778. The number of likely N-dealkylation sites (N-methyl/N-ethyl adjacent to an activating group) is 1. The quantitative estimate of drug-likeness (QED) is 0.865. The van der Waals surface area contributed by atoms with Crippen molar-refractivity contribution in [3.05, 3.63) is 18.0 Å². The molecule has 1 amide bonds. The summed E-state index contributed by atoms with van der Waals surface area (Å²) in [7, 11) is 5.68. The van der Waals surface area contributed by atoms with Crippen LogP contribution in [0.25, 0.3) is 0 Å².